The first-order valence-corrected chi connectivity index (χ1v) is 9.82. The number of phenolic OH excluding ortho intramolecular Hbond substituents is 1. The van der Waals surface area contributed by atoms with Crippen LogP contribution in [0.2, 0.25) is 0 Å². The summed E-state index contributed by atoms with van der Waals surface area (Å²) in [5.41, 5.74) is 3.70. The van der Waals surface area contributed by atoms with E-state index in [1.54, 1.807) is 18.2 Å². The van der Waals surface area contributed by atoms with Crippen LogP contribution in [-0.2, 0) is 4.79 Å². The SMILES string of the molecule is CC12CC3CC(C)(C1)CC(C(=O)N/N=C/c1cc(Br)ccc1O)(C3)C2. The van der Waals surface area contributed by atoms with Gasteiger partial charge in [0, 0.05) is 10.0 Å². The second kappa shape index (κ2) is 5.57. The lowest BCUT2D eigenvalue weighted by molar-refractivity contribution is -0.170. The molecule has 5 heteroatoms. The number of rotatable bonds is 3. The van der Waals surface area contributed by atoms with Crippen LogP contribution in [0.1, 0.15) is 57.9 Å². The monoisotopic (exact) mass is 404 g/mol. The van der Waals surface area contributed by atoms with Crippen molar-refractivity contribution in [3.8, 4) is 5.75 Å². The normalized spacial score (nSPS) is 39.1. The molecule has 4 saturated carbocycles. The average molecular weight is 405 g/mol. The molecule has 1 amide bonds. The van der Waals surface area contributed by atoms with E-state index < -0.39 is 0 Å². The number of hydrogen-bond acceptors (Lipinski definition) is 3. The van der Waals surface area contributed by atoms with Gasteiger partial charge < -0.3 is 5.11 Å². The zero-order chi connectivity index (χ0) is 17.9. The highest BCUT2D eigenvalue weighted by Gasteiger charge is 2.62. The Kier molecular flexibility index (Phi) is 3.80. The zero-order valence-electron chi connectivity index (χ0n) is 14.8. The van der Waals surface area contributed by atoms with E-state index in [9.17, 15) is 9.90 Å². The van der Waals surface area contributed by atoms with E-state index in [0.717, 1.165) is 23.7 Å². The third-order valence-electron chi connectivity index (χ3n) is 6.47. The van der Waals surface area contributed by atoms with Crippen LogP contribution in [0.25, 0.3) is 0 Å². The molecule has 2 N–H and O–H groups in total. The van der Waals surface area contributed by atoms with Crippen LogP contribution >= 0.6 is 15.9 Å². The Balaban J connectivity index is 1.51. The van der Waals surface area contributed by atoms with Gasteiger partial charge in [0.1, 0.15) is 5.75 Å². The molecule has 2 atom stereocenters. The molecule has 4 aliphatic rings. The van der Waals surface area contributed by atoms with Gasteiger partial charge >= 0.3 is 0 Å². The summed E-state index contributed by atoms with van der Waals surface area (Å²) in [6.07, 6.45) is 8.27. The number of aromatic hydroxyl groups is 1. The third-order valence-corrected chi connectivity index (χ3v) is 6.96. The Morgan fingerprint density at radius 2 is 1.92 bits per heavy atom. The van der Waals surface area contributed by atoms with E-state index >= 15 is 0 Å². The molecule has 2 unspecified atom stereocenters. The van der Waals surface area contributed by atoms with E-state index in [1.165, 1.54) is 25.5 Å². The predicted molar refractivity (Wildman–Crippen MR) is 101 cm³/mol. The van der Waals surface area contributed by atoms with Crippen LogP contribution in [0.15, 0.2) is 27.8 Å². The molecule has 5 rings (SSSR count). The summed E-state index contributed by atoms with van der Waals surface area (Å²) in [5.74, 6) is 0.880. The second-order valence-corrected chi connectivity index (χ2v) is 10.2. The number of benzene rings is 1. The van der Waals surface area contributed by atoms with Crippen molar-refractivity contribution < 1.29 is 9.90 Å². The van der Waals surface area contributed by atoms with Gasteiger partial charge in [0.25, 0.3) is 0 Å². The van der Waals surface area contributed by atoms with E-state index in [0.29, 0.717) is 22.3 Å². The molecule has 134 valence electrons. The van der Waals surface area contributed by atoms with E-state index in [2.05, 4.69) is 40.3 Å². The lowest BCUT2D eigenvalue weighted by atomic mass is 9.40. The number of nitrogens with one attached hydrogen (secondary N) is 1. The number of carbonyl (C=O) groups is 1. The third kappa shape index (κ3) is 3.01. The molecule has 4 nitrogen and oxygen atoms in total. The van der Waals surface area contributed by atoms with Gasteiger partial charge in [0.15, 0.2) is 0 Å². The summed E-state index contributed by atoms with van der Waals surface area (Å²) in [6, 6.07) is 5.15. The zero-order valence-corrected chi connectivity index (χ0v) is 16.4. The van der Waals surface area contributed by atoms with Crippen molar-refractivity contribution in [3.63, 3.8) is 0 Å². The van der Waals surface area contributed by atoms with Crippen molar-refractivity contribution in [1.29, 1.82) is 0 Å². The molecule has 25 heavy (non-hydrogen) atoms. The van der Waals surface area contributed by atoms with Crippen molar-refractivity contribution in [3.05, 3.63) is 28.2 Å². The number of phenols is 1. The summed E-state index contributed by atoms with van der Waals surface area (Å²) in [4.78, 5) is 13.0. The molecule has 4 aliphatic carbocycles. The van der Waals surface area contributed by atoms with Gasteiger partial charge in [-0.05, 0) is 73.5 Å². The van der Waals surface area contributed by atoms with E-state index in [-0.39, 0.29) is 17.1 Å². The van der Waals surface area contributed by atoms with Crippen LogP contribution in [0.3, 0.4) is 0 Å². The molecule has 0 saturated heterocycles. The fourth-order valence-electron chi connectivity index (χ4n) is 6.61. The lowest BCUT2D eigenvalue weighted by Crippen LogP contribution is -2.59. The number of nitrogens with zero attached hydrogens (tertiary/aromatic N) is 1. The van der Waals surface area contributed by atoms with Gasteiger partial charge in [-0.25, -0.2) is 5.43 Å². The van der Waals surface area contributed by atoms with Crippen LogP contribution in [0, 0.1) is 22.2 Å². The Morgan fingerprint density at radius 3 is 2.56 bits per heavy atom. The van der Waals surface area contributed by atoms with Gasteiger partial charge in [-0.1, -0.05) is 29.8 Å². The Labute approximate surface area is 157 Å². The highest BCUT2D eigenvalue weighted by atomic mass is 79.9. The number of hydrogen-bond donors (Lipinski definition) is 2. The average Bonchev–Trinajstić information content (AvgIpc) is 2.47. The van der Waals surface area contributed by atoms with Crippen molar-refractivity contribution in [2.75, 3.05) is 0 Å². The molecular formula is C20H25BrN2O2. The van der Waals surface area contributed by atoms with Crippen LogP contribution in [-0.4, -0.2) is 17.2 Å². The summed E-state index contributed by atoms with van der Waals surface area (Å²) < 4.78 is 0.861. The molecular weight excluding hydrogens is 380 g/mol. The minimum Gasteiger partial charge on any atom is -0.507 e. The molecule has 4 bridgehead atoms. The molecule has 1 aromatic carbocycles. The number of hydrazone groups is 1. The van der Waals surface area contributed by atoms with Gasteiger partial charge in [0.2, 0.25) is 5.91 Å². The lowest BCUT2D eigenvalue weighted by Gasteiger charge is -2.64. The smallest absolute Gasteiger partial charge is 0.246 e. The molecule has 0 spiro atoms. The molecule has 0 aliphatic heterocycles. The maximum Gasteiger partial charge on any atom is 0.246 e. The Morgan fingerprint density at radius 1 is 1.24 bits per heavy atom. The van der Waals surface area contributed by atoms with E-state index in [4.69, 9.17) is 0 Å². The van der Waals surface area contributed by atoms with Gasteiger partial charge in [-0.2, -0.15) is 5.10 Å². The van der Waals surface area contributed by atoms with Crippen LogP contribution in [0.4, 0.5) is 0 Å². The van der Waals surface area contributed by atoms with E-state index in [1.807, 2.05) is 0 Å². The number of halogens is 1. The molecule has 1 aromatic rings. The van der Waals surface area contributed by atoms with Crippen molar-refractivity contribution in [1.82, 2.24) is 5.43 Å². The summed E-state index contributed by atoms with van der Waals surface area (Å²) in [5, 5.41) is 14.0. The fraction of sp³-hybridized carbons (Fsp3) is 0.600. The summed E-state index contributed by atoms with van der Waals surface area (Å²) >= 11 is 3.38. The topological polar surface area (TPSA) is 61.7 Å². The van der Waals surface area contributed by atoms with Crippen molar-refractivity contribution in [2.45, 2.75) is 52.4 Å². The molecule has 0 radical (unpaired) electrons. The molecule has 0 aromatic heterocycles. The van der Waals surface area contributed by atoms with Gasteiger partial charge in [0.05, 0.1) is 11.6 Å². The minimum atomic E-state index is -0.264. The first-order valence-electron chi connectivity index (χ1n) is 9.03. The minimum absolute atomic E-state index is 0.0554. The maximum atomic E-state index is 13.0. The highest BCUT2D eigenvalue weighted by Crippen LogP contribution is 2.69. The standard InChI is InChI=1S/C20H25BrN2O2/c1-18-6-13-7-19(2,10-18)12-20(8-13,11-18)17(25)23-22-9-14-5-15(21)3-4-16(14)24/h3-5,9,13,24H,6-8,10-12H2,1-2H3,(H,23,25)/b22-9+. The van der Waals surface area contributed by atoms with Crippen LogP contribution in [0.5, 0.6) is 5.75 Å². The predicted octanol–water partition coefficient (Wildman–Crippen LogP) is 4.60. The first kappa shape index (κ1) is 17.1. The van der Waals surface area contributed by atoms with Crippen molar-refractivity contribution in [2.24, 2.45) is 27.3 Å². The van der Waals surface area contributed by atoms with Crippen molar-refractivity contribution >= 4 is 28.1 Å². The number of amides is 1. The van der Waals surface area contributed by atoms with Gasteiger partial charge in [-0.3, -0.25) is 4.79 Å². The molecule has 4 fully saturated rings. The second-order valence-electron chi connectivity index (χ2n) is 9.31. The fourth-order valence-corrected chi connectivity index (χ4v) is 6.99. The largest absolute Gasteiger partial charge is 0.507 e. The Bertz CT molecular complexity index is 742. The maximum absolute atomic E-state index is 13.0. The summed E-state index contributed by atoms with van der Waals surface area (Å²) in [7, 11) is 0. The molecule has 0 heterocycles. The first-order chi connectivity index (χ1) is 11.7. The van der Waals surface area contributed by atoms with Gasteiger partial charge in [-0.15, -0.1) is 0 Å². The van der Waals surface area contributed by atoms with Crippen LogP contribution < -0.4 is 5.43 Å². The summed E-state index contributed by atoms with van der Waals surface area (Å²) in [6.45, 7) is 4.72. The highest BCUT2D eigenvalue weighted by molar-refractivity contribution is 9.10. The quantitative estimate of drug-likeness (QED) is 0.570. The Hall–Kier alpha value is -1.36. The number of carbonyl (C=O) groups excluding carboxylic acids is 1.